The van der Waals surface area contributed by atoms with Gasteiger partial charge in [0.25, 0.3) is 5.79 Å². The second kappa shape index (κ2) is 5.62. The minimum absolute atomic E-state index is 0.0470. The fourth-order valence-corrected chi connectivity index (χ4v) is 4.42. The molecule has 0 amide bonds. The van der Waals surface area contributed by atoms with Crippen molar-refractivity contribution in [3.8, 4) is 11.5 Å². The summed E-state index contributed by atoms with van der Waals surface area (Å²) in [6.07, 6.45) is 1.19. The first-order valence-electron chi connectivity index (χ1n) is 9.26. The van der Waals surface area contributed by atoms with Gasteiger partial charge in [0, 0.05) is 19.8 Å². The van der Waals surface area contributed by atoms with Crippen LogP contribution in [0.3, 0.4) is 0 Å². The Labute approximate surface area is 156 Å². The fourth-order valence-electron chi connectivity index (χ4n) is 4.42. The quantitative estimate of drug-likeness (QED) is 0.732. The van der Waals surface area contributed by atoms with Crippen molar-refractivity contribution in [3.05, 3.63) is 23.8 Å². The molecule has 26 heavy (non-hydrogen) atoms. The maximum Gasteiger partial charge on any atom is 0.322 e. The highest BCUT2D eigenvalue weighted by Gasteiger charge is 2.59. The summed E-state index contributed by atoms with van der Waals surface area (Å²) in [5, 5.41) is 1.80. The zero-order valence-electron chi connectivity index (χ0n) is 17.2. The van der Waals surface area contributed by atoms with Crippen LogP contribution in [0.15, 0.2) is 18.2 Å². The van der Waals surface area contributed by atoms with E-state index in [-0.39, 0.29) is 11.4 Å². The van der Waals surface area contributed by atoms with Gasteiger partial charge in [-0.15, -0.1) is 5.06 Å². The smallest absolute Gasteiger partial charge is 0.322 e. The Morgan fingerprint density at radius 2 is 1.58 bits per heavy atom. The van der Waals surface area contributed by atoms with Crippen molar-refractivity contribution >= 4 is 5.97 Å². The molecule has 1 aromatic rings. The molecule has 0 radical (unpaired) electrons. The Bertz CT molecular complexity index is 712. The van der Waals surface area contributed by atoms with Crippen LogP contribution in [0.2, 0.25) is 0 Å². The molecule has 0 bridgehead atoms. The molecular weight excluding hydrogens is 330 g/mol. The van der Waals surface area contributed by atoms with Gasteiger partial charge in [0.05, 0.1) is 11.1 Å². The fraction of sp³-hybridized carbons (Fsp3) is 0.667. The van der Waals surface area contributed by atoms with Gasteiger partial charge in [0.2, 0.25) is 0 Å². The molecule has 0 saturated carbocycles. The molecule has 5 heteroatoms. The Kier molecular flexibility index (Phi) is 4.11. The molecule has 5 nitrogen and oxygen atoms in total. The number of rotatable bonds is 1. The van der Waals surface area contributed by atoms with E-state index in [1.54, 1.807) is 5.06 Å². The zero-order chi connectivity index (χ0) is 19.5. The lowest BCUT2D eigenvalue weighted by Crippen LogP contribution is -2.67. The van der Waals surface area contributed by atoms with Gasteiger partial charge < -0.3 is 14.3 Å². The minimum Gasteiger partial charge on any atom is -0.448 e. The number of hydrogen-bond acceptors (Lipinski definition) is 5. The van der Waals surface area contributed by atoms with Crippen LogP contribution in [0, 0.1) is 0 Å². The van der Waals surface area contributed by atoms with Crippen molar-refractivity contribution in [2.75, 3.05) is 0 Å². The highest BCUT2D eigenvalue weighted by atomic mass is 16.7. The van der Waals surface area contributed by atoms with Crippen molar-refractivity contribution in [2.24, 2.45) is 0 Å². The van der Waals surface area contributed by atoms with Crippen LogP contribution < -0.4 is 9.47 Å². The lowest BCUT2D eigenvalue weighted by Gasteiger charge is -2.54. The summed E-state index contributed by atoms with van der Waals surface area (Å²) >= 11 is 0. The molecule has 2 heterocycles. The molecule has 0 aromatic heterocycles. The molecule has 1 saturated heterocycles. The standard InChI is InChI=1S/C21H31NO4/c1-14(23)26-22-19(5,6)12-21(13-20(22,7)8)24-16-10-9-15(18(2,3)4)11-17(16)25-21/h9-11H,12-13H2,1-8H3. The van der Waals surface area contributed by atoms with Gasteiger partial charge in [0.15, 0.2) is 11.5 Å². The molecule has 3 rings (SSSR count). The van der Waals surface area contributed by atoms with Crippen LogP contribution in [0.4, 0.5) is 0 Å². The van der Waals surface area contributed by atoms with Gasteiger partial charge in [-0.3, -0.25) is 4.79 Å². The summed E-state index contributed by atoms with van der Waals surface area (Å²) in [6.45, 7) is 16.2. The first-order chi connectivity index (χ1) is 11.7. The average molecular weight is 361 g/mol. The summed E-state index contributed by atoms with van der Waals surface area (Å²) in [6, 6.07) is 6.19. The average Bonchev–Trinajstić information content (AvgIpc) is 2.76. The van der Waals surface area contributed by atoms with Crippen molar-refractivity contribution < 1.29 is 19.1 Å². The third-order valence-electron chi connectivity index (χ3n) is 5.12. The Hall–Kier alpha value is -1.75. The molecule has 2 aliphatic rings. The van der Waals surface area contributed by atoms with Gasteiger partial charge in [-0.25, -0.2) is 0 Å². The molecule has 1 fully saturated rings. The largest absolute Gasteiger partial charge is 0.448 e. The summed E-state index contributed by atoms with van der Waals surface area (Å²) in [5.41, 5.74) is 0.406. The van der Waals surface area contributed by atoms with Gasteiger partial charge in [-0.1, -0.05) is 26.8 Å². The van der Waals surface area contributed by atoms with E-state index >= 15 is 0 Å². The Morgan fingerprint density at radius 3 is 2.08 bits per heavy atom. The van der Waals surface area contributed by atoms with Gasteiger partial charge in [-0.05, 0) is 50.8 Å². The van der Waals surface area contributed by atoms with Crippen molar-refractivity contribution in [2.45, 2.75) is 90.5 Å². The van der Waals surface area contributed by atoms with E-state index in [2.05, 4.69) is 60.6 Å². The van der Waals surface area contributed by atoms with Gasteiger partial charge in [-0.2, -0.15) is 0 Å². The van der Waals surface area contributed by atoms with Crippen LogP contribution in [0.1, 0.15) is 73.8 Å². The predicted molar refractivity (Wildman–Crippen MR) is 100 cm³/mol. The second-order valence-corrected chi connectivity index (χ2v) is 9.88. The second-order valence-electron chi connectivity index (χ2n) is 9.88. The van der Waals surface area contributed by atoms with E-state index < -0.39 is 16.9 Å². The molecule has 2 aliphatic heterocycles. The number of hydrogen-bond donors (Lipinski definition) is 0. The third-order valence-corrected chi connectivity index (χ3v) is 5.12. The van der Waals surface area contributed by atoms with Gasteiger partial charge in [0.1, 0.15) is 0 Å². The lowest BCUT2D eigenvalue weighted by atomic mass is 9.78. The van der Waals surface area contributed by atoms with Crippen LogP contribution in [0.25, 0.3) is 0 Å². The van der Waals surface area contributed by atoms with E-state index in [1.165, 1.54) is 12.5 Å². The predicted octanol–water partition coefficient (Wildman–Crippen LogP) is 4.58. The molecule has 0 unspecified atom stereocenters. The summed E-state index contributed by atoms with van der Waals surface area (Å²) in [5.74, 6) is 0.520. The SMILES string of the molecule is CC(=O)ON1C(C)(C)CC2(CC1(C)C)Oc1ccc(C(C)(C)C)cc1O2. The van der Waals surface area contributed by atoms with Crippen LogP contribution in [-0.2, 0) is 15.0 Å². The van der Waals surface area contributed by atoms with Crippen LogP contribution in [0.5, 0.6) is 11.5 Å². The highest BCUT2D eigenvalue weighted by Crippen LogP contribution is 2.52. The first-order valence-corrected chi connectivity index (χ1v) is 9.26. The highest BCUT2D eigenvalue weighted by molar-refractivity contribution is 5.65. The number of carbonyl (C=O) groups excluding carboxylic acids is 1. The lowest BCUT2D eigenvalue weighted by molar-refractivity contribution is -0.304. The van der Waals surface area contributed by atoms with Crippen molar-refractivity contribution in [1.82, 2.24) is 5.06 Å². The van der Waals surface area contributed by atoms with E-state index in [0.717, 1.165) is 11.5 Å². The third kappa shape index (κ3) is 3.29. The van der Waals surface area contributed by atoms with E-state index in [0.29, 0.717) is 12.8 Å². The number of ether oxygens (including phenoxy) is 2. The first kappa shape index (κ1) is 19.0. The zero-order valence-corrected chi connectivity index (χ0v) is 17.2. The molecular formula is C21H31NO4. The Morgan fingerprint density at radius 1 is 1.04 bits per heavy atom. The molecule has 0 atom stereocenters. The van der Waals surface area contributed by atoms with Crippen LogP contribution >= 0.6 is 0 Å². The van der Waals surface area contributed by atoms with E-state index in [9.17, 15) is 4.79 Å². The van der Waals surface area contributed by atoms with Crippen molar-refractivity contribution in [3.63, 3.8) is 0 Å². The van der Waals surface area contributed by atoms with Gasteiger partial charge >= 0.3 is 5.97 Å². The number of hydroxylamine groups is 2. The van der Waals surface area contributed by atoms with Crippen LogP contribution in [-0.4, -0.2) is 27.9 Å². The number of piperidine rings is 1. The molecule has 0 aliphatic carbocycles. The minimum atomic E-state index is -0.748. The normalized spacial score (nSPS) is 23.1. The number of benzene rings is 1. The Balaban J connectivity index is 1.92. The summed E-state index contributed by atoms with van der Waals surface area (Å²) in [4.78, 5) is 17.1. The molecule has 1 spiro atoms. The molecule has 144 valence electrons. The monoisotopic (exact) mass is 361 g/mol. The summed E-state index contributed by atoms with van der Waals surface area (Å²) in [7, 11) is 0. The van der Waals surface area contributed by atoms with Crippen molar-refractivity contribution in [1.29, 1.82) is 0 Å². The van der Waals surface area contributed by atoms with E-state index in [4.69, 9.17) is 14.3 Å². The van der Waals surface area contributed by atoms with E-state index in [1.807, 2.05) is 6.07 Å². The maximum atomic E-state index is 11.6. The maximum absolute atomic E-state index is 11.6. The molecule has 1 aromatic carbocycles. The topological polar surface area (TPSA) is 48.0 Å². The molecule has 0 N–H and O–H groups in total. The number of nitrogens with zero attached hydrogens (tertiary/aromatic N) is 1. The number of fused-ring (bicyclic) bond motifs is 1. The summed E-state index contributed by atoms with van der Waals surface area (Å²) < 4.78 is 12.7. The number of carbonyl (C=O) groups is 1.